The van der Waals surface area contributed by atoms with Crippen molar-refractivity contribution in [1.29, 1.82) is 0 Å². The van der Waals surface area contributed by atoms with Crippen molar-refractivity contribution in [3.05, 3.63) is 94.0 Å². The van der Waals surface area contributed by atoms with E-state index in [2.05, 4.69) is 19.2 Å². The average Bonchev–Trinajstić information content (AvgIpc) is 2.86. The van der Waals surface area contributed by atoms with Crippen LogP contribution in [0.15, 0.2) is 76.5 Å². The number of aliphatic hydroxyl groups excluding tert-OH is 1. The third-order valence-corrected chi connectivity index (χ3v) is 8.31. The number of benzene rings is 3. The Morgan fingerprint density at radius 3 is 2.24 bits per heavy atom. The first kappa shape index (κ1) is 31.8. The van der Waals surface area contributed by atoms with Crippen molar-refractivity contribution < 1.29 is 23.4 Å². The Hall–Kier alpha value is -2.42. The molecule has 3 aromatic rings. The molecule has 0 aromatic heterocycles. The molecule has 206 valence electrons. The summed E-state index contributed by atoms with van der Waals surface area (Å²) in [7, 11) is -4.00. The van der Waals surface area contributed by atoms with Gasteiger partial charge in [-0.15, -0.1) is 12.4 Å². The van der Waals surface area contributed by atoms with Crippen LogP contribution in [-0.4, -0.2) is 37.2 Å². The molecule has 0 heterocycles. The summed E-state index contributed by atoms with van der Waals surface area (Å²) in [5, 5.41) is 24.0. The summed E-state index contributed by atoms with van der Waals surface area (Å²) in [5.74, 6) is -0.803. The van der Waals surface area contributed by atoms with Gasteiger partial charge in [-0.05, 0) is 85.2 Å². The molecule has 2 atom stereocenters. The van der Waals surface area contributed by atoms with Crippen LogP contribution in [0, 0.1) is 5.92 Å². The number of rotatable bonds is 12. The molecule has 0 aliphatic carbocycles. The van der Waals surface area contributed by atoms with Crippen LogP contribution < -0.4 is 5.32 Å². The summed E-state index contributed by atoms with van der Waals surface area (Å²) in [6.07, 6.45) is 1.50. The number of nitrogens with one attached hydrogen (secondary N) is 1. The Bertz CT molecular complexity index is 1330. The summed E-state index contributed by atoms with van der Waals surface area (Å²) in [5.41, 5.74) is 2.25. The lowest BCUT2D eigenvalue weighted by Gasteiger charge is -2.18. The van der Waals surface area contributed by atoms with E-state index in [0.29, 0.717) is 30.3 Å². The molecule has 3 N–H and O–H groups in total. The van der Waals surface area contributed by atoms with E-state index in [1.165, 1.54) is 24.3 Å². The minimum atomic E-state index is -4.00. The number of carbonyl (C=O) groups is 1. The summed E-state index contributed by atoms with van der Waals surface area (Å²) < 4.78 is 26.6. The fraction of sp³-hybridized carbons (Fsp3) is 0.345. The van der Waals surface area contributed by atoms with Gasteiger partial charge in [0, 0.05) is 17.6 Å². The summed E-state index contributed by atoms with van der Waals surface area (Å²) in [6, 6.07) is 18.2. The molecule has 0 unspecified atom stereocenters. The Kier molecular flexibility index (Phi) is 11.8. The number of aliphatic hydroxyl groups is 1. The number of carboxylic acids is 1. The molecular weight excluding hydrogens is 545 g/mol. The van der Waals surface area contributed by atoms with Crippen LogP contribution in [0.2, 0.25) is 5.02 Å². The van der Waals surface area contributed by atoms with Crippen LogP contribution in [0.5, 0.6) is 0 Å². The van der Waals surface area contributed by atoms with Crippen molar-refractivity contribution in [3.8, 4) is 0 Å². The number of carboxylic acid groups (broad SMARTS) is 1. The Morgan fingerprint density at radius 1 is 0.974 bits per heavy atom. The molecule has 0 aliphatic rings. The van der Waals surface area contributed by atoms with E-state index in [-0.39, 0.29) is 33.8 Å². The molecule has 0 amide bonds. The minimum absolute atomic E-state index is 0. The zero-order valence-electron chi connectivity index (χ0n) is 21.7. The fourth-order valence-corrected chi connectivity index (χ4v) is 5.72. The topological polar surface area (TPSA) is 104 Å². The smallest absolute Gasteiger partial charge is 0.337 e. The molecule has 38 heavy (non-hydrogen) atoms. The second-order valence-corrected chi connectivity index (χ2v) is 12.2. The van der Waals surface area contributed by atoms with Gasteiger partial charge >= 0.3 is 5.97 Å². The predicted molar refractivity (Wildman–Crippen MR) is 153 cm³/mol. The Balaban J connectivity index is 0.00000507. The van der Waals surface area contributed by atoms with Gasteiger partial charge in [0.05, 0.1) is 21.5 Å². The van der Waals surface area contributed by atoms with Crippen LogP contribution >= 0.6 is 24.0 Å². The van der Waals surface area contributed by atoms with E-state index in [1.807, 2.05) is 13.0 Å². The fourth-order valence-electron chi connectivity index (χ4n) is 4.09. The number of halogens is 2. The molecule has 6 nitrogen and oxygen atoms in total. The first-order valence-corrected chi connectivity index (χ1v) is 14.2. The second-order valence-electron chi connectivity index (χ2n) is 9.80. The lowest BCUT2D eigenvalue weighted by molar-refractivity contribution is 0.0692. The highest BCUT2D eigenvalue weighted by Gasteiger charge is 2.25. The van der Waals surface area contributed by atoms with Gasteiger partial charge in [0.25, 0.3) is 0 Å². The van der Waals surface area contributed by atoms with Gasteiger partial charge in [-0.1, -0.05) is 55.8 Å². The summed E-state index contributed by atoms with van der Waals surface area (Å²) in [6.45, 7) is 6.50. The molecule has 0 spiro atoms. The molecule has 0 saturated heterocycles. The lowest BCUT2D eigenvalue weighted by Crippen LogP contribution is -2.32. The van der Waals surface area contributed by atoms with Crippen molar-refractivity contribution in [2.24, 2.45) is 5.92 Å². The van der Waals surface area contributed by atoms with Crippen molar-refractivity contribution >= 4 is 39.8 Å². The molecule has 0 saturated carbocycles. The standard InChI is InChI=1S/C29H34ClNO5S.ClH/c1-19(2)7-8-22-11-14-28(26(16-22)29(33)34)37(35,36)25-12-9-21(10-13-25)15-20(3)31-18-27(32)23-5-4-6-24(30)17-23;/h4-6,9-14,16-17,19-20,27,31-32H,7-8,15,18H2,1-3H3,(H,33,34);1H/t20-,27+;/m1./s1. The summed E-state index contributed by atoms with van der Waals surface area (Å²) >= 11 is 5.99. The average molecular weight is 581 g/mol. The van der Waals surface area contributed by atoms with Crippen LogP contribution in [-0.2, 0) is 22.7 Å². The molecule has 3 rings (SSSR count). The van der Waals surface area contributed by atoms with Crippen LogP contribution in [0.25, 0.3) is 0 Å². The van der Waals surface area contributed by atoms with Crippen molar-refractivity contribution in [1.82, 2.24) is 5.32 Å². The maximum atomic E-state index is 13.3. The largest absolute Gasteiger partial charge is 0.478 e. The van der Waals surface area contributed by atoms with Gasteiger partial charge < -0.3 is 15.5 Å². The number of aromatic carboxylic acids is 1. The van der Waals surface area contributed by atoms with Gasteiger partial charge in [-0.3, -0.25) is 0 Å². The summed E-state index contributed by atoms with van der Waals surface area (Å²) in [4.78, 5) is 11.7. The highest BCUT2D eigenvalue weighted by atomic mass is 35.5. The van der Waals surface area contributed by atoms with Gasteiger partial charge in [0.15, 0.2) is 0 Å². The third kappa shape index (κ3) is 8.55. The zero-order valence-corrected chi connectivity index (χ0v) is 24.1. The van der Waals surface area contributed by atoms with Crippen molar-refractivity contribution in [2.75, 3.05) is 6.54 Å². The Labute approximate surface area is 236 Å². The zero-order chi connectivity index (χ0) is 27.2. The third-order valence-electron chi connectivity index (χ3n) is 6.24. The first-order chi connectivity index (χ1) is 17.5. The maximum absolute atomic E-state index is 13.3. The van der Waals surface area contributed by atoms with Gasteiger partial charge in [-0.2, -0.15) is 0 Å². The van der Waals surface area contributed by atoms with Crippen LogP contribution in [0.3, 0.4) is 0 Å². The van der Waals surface area contributed by atoms with E-state index in [4.69, 9.17) is 11.6 Å². The molecule has 3 aromatic carbocycles. The molecule has 9 heteroatoms. The first-order valence-electron chi connectivity index (χ1n) is 12.3. The van der Waals surface area contributed by atoms with E-state index >= 15 is 0 Å². The van der Waals surface area contributed by atoms with Crippen LogP contribution in [0.1, 0.15) is 60.3 Å². The van der Waals surface area contributed by atoms with Gasteiger partial charge in [0.2, 0.25) is 9.84 Å². The normalized spacial score (nSPS) is 13.1. The van der Waals surface area contributed by atoms with E-state index < -0.39 is 21.9 Å². The highest BCUT2D eigenvalue weighted by Crippen LogP contribution is 2.27. The Morgan fingerprint density at radius 2 is 1.63 bits per heavy atom. The monoisotopic (exact) mass is 579 g/mol. The highest BCUT2D eigenvalue weighted by molar-refractivity contribution is 7.91. The van der Waals surface area contributed by atoms with Crippen molar-refractivity contribution in [3.63, 3.8) is 0 Å². The molecule has 0 bridgehead atoms. The number of aryl methyl sites for hydroxylation is 1. The SMILES string of the molecule is CC(C)CCc1ccc(S(=O)(=O)c2ccc(C[C@@H](C)NC[C@H](O)c3cccc(Cl)c3)cc2)c(C(=O)O)c1.Cl. The van der Waals surface area contributed by atoms with Crippen LogP contribution in [0.4, 0.5) is 0 Å². The van der Waals surface area contributed by atoms with E-state index in [0.717, 1.165) is 23.1 Å². The van der Waals surface area contributed by atoms with E-state index in [9.17, 15) is 23.4 Å². The predicted octanol–water partition coefficient (Wildman–Crippen LogP) is 6.14. The maximum Gasteiger partial charge on any atom is 0.337 e. The van der Waals surface area contributed by atoms with Crippen molar-refractivity contribution in [2.45, 2.75) is 62.0 Å². The quantitative estimate of drug-likeness (QED) is 0.238. The molecule has 0 radical (unpaired) electrons. The van der Waals surface area contributed by atoms with E-state index in [1.54, 1.807) is 36.4 Å². The minimum Gasteiger partial charge on any atom is -0.478 e. The lowest BCUT2D eigenvalue weighted by atomic mass is 10.0. The molecule has 0 fully saturated rings. The number of hydrogen-bond acceptors (Lipinski definition) is 5. The number of hydrogen-bond donors (Lipinski definition) is 3. The van der Waals surface area contributed by atoms with Gasteiger partial charge in [0.1, 0.15) is 0 Å². The number of sulfone groups is 1. The molecular formula is C29H35Cl2NO5S. The van der Waals surface area contributed by atoms with Gasteiger partial charge in [-0.25, -0.2) is 13.2 Å². The molecule has 0 aliphatic heterocycles. The second kappa shape index (κ2) is 14.1.